The molecule has 0 N–H and O–H groups in total. The maximum absolute atomic E-state index is 11.8. The number of Topliss-reactive ketones (excluding diaryl/α,β-unsaturated/α-hetero) is 1. The van der Waals surface area contributed by atoms with Crippen LogP contribution in [0.15, 0.2) is 17.5 Å². The van der Waals surface area contributed by atoms with E-state index in [9.17, 15) is 4.79 Å². The van der Waals surface area contributed by atoms with E-state index in [-0.39, 0.29) is 5.92 Å². The Labute approximate surface area is 101 Å². The zero-order chi connectivity index (χ0) is 11.5. The van der Waals surface area contributed by atoms with Gasteiger partial charge >= 0.3 is 0 Å². The lowest BCUT2D eigenvalue weighted by atomic mass is 10.1. The molecular formula is C13H19NOS. The van der Waals surface area contributed by atoms with Crippen molar-refractivity contribution in [3.05, 3.63) is 22.4 Å². The third-order valence-corrected chi connectivity index (χ3v) is 3.87. The van der Waals surface area contributed by atoms with Crippen LogP contribution in [0.25, 0.3) is 0 Å². The second kappa shape index (κ2) is 5.11. The molecule has 0 atom stereocenters. The predicted molar refractivity (Wildman–Crippen MR) is 67.6 cm³/mol. The summed E-state index contributed by atoms with van der Waals surface area (Å²) >= 11 is 1.78. The lowest BCUT2D eigenvalue weighted by Gasteiger charge is -2.21. The normalized spacial score (nSPS) is 16.0. The topological polar surface area (TPSA) is 20.3 Å². The molecule has 3 heteroatoms. The molecule has 0 aromatic carbocycles. The van der Waals surface area contributed by atoms with Gasteiger partial charge in [-0.3, -0.25) is 9.69 Å². The summed E-state index contributed by atoms with van der Waals surface area (Å²) in [5.74, 6) is 0.521. The number of rotatable bonds is 6. The van der Waals surface area contributed by atoms with Gasteiger partial charge in [-0.1, -0.05) is 19.9 Å². The molecule has 1 aromatic heterocycles. The first-order valence-corrected chi connectivity index (χ1v) is 6.84. The summed E-state index contributed by atoms with van der Waals surface area (Å²) in [4.78, 5) is 15.5. The largest absolute Gasteiger partial charge is 0.298 e. The van der Waals surface area contributed by atoms with Crippen molar-refractivity contribution in [3.63, 3.8) is 0 Å². The Morgan fingerprint density at radius 3 is 2.81 bits per heavy atom. The molecule has 0 aliphatic heterocycles. The summed E-state index contributed by atoms with van der Waals surface area (Å²) in [6.07, 6.45) is 2.52. The second-order valence-corrected chi connectivity index (χ2v) is 5.87. The number of carbonyl (C=O) groups excluding carboxylic acids is 1. The Balaban J connectivity index is 1.92. The first kappa shape index (κ1) is 11.8. The van der Waals surface area contributed by atoms with Gasteiger partial charge in [0.1, 0.15) is 5.78 Å². The number of nitrogens with zero attached hydrogens (tertiary/aromatic N) is 1. The van der Waals surface area contributed by atoms with Gasteiger partial charge in [-0.15, -0.1) is 11.3 Å². The highest BCUT2D eigenvalue weighted by Crippen LogP contribution is 2.29. The third-order valence-electron chi connectivity index (χ3n) is 3.01. The SMILES string of the molecule is CC(C)C(=O)CN(Cc1cccs1)C1CC1. The zero-order valence-electron chi connectivity index (χ0n) is 9.98. The number of hydrogen-bond acceptors (Lipinski definition) is 3. The van der Waals surface area contributed by atoms with Crippen LogP contribution in [0.1, 0.15) is 31.6 Å². The molecule has 88 valence electrons. The van der Waals surface area contributed by atoms with Crippen molar-refractivity contribution in [2.75, 3.05) is 6.54 Å². The van der Waals surface area contributed by atoms with Gasteiger partial charge in [0.25, 0.3) is 0 Å². The molecule has 16 heavy (non-hydrogen) atoms. The van der Waals surface area contributed by atoms with Crippen LogP contribution < -0.4 is 0 Å². The number of thiophene rings is 1. The molecule has 0 radical (unpaired) electrons. The minimum Gasteiger partial charge on any atom is -0.298 e. The van der Waals surface area contributed by atoms with Crippen LogP contribution in [0, 0.1) is 5.92 Å². The predicted octanol–water partition coefficient (Wildman–Crippen LogP) is 2.94. The van der Waals surface area contributed by atoms with Gasteiger partial charge in [0.05, 0.1) is 6.54 Å². The monoisotopic (exact) mass is 237 g/mol. The Morgan fingerprint density at radius 1 is 1.56 bits per heavy atom. The van der Waals surface area contributed by atoms with Gasteiger partial charge in [0.2, 0.25) is 0 Å². The van der Waals surface area contributed by atoms with E-state index in [4.69, 9.17) is 0 Å². The first-order valence-electron chi connectivity index (χ1n) is 5.96. The molecular weight excluding hydrogens is 218 g/mol. The minimum absolute atomic E-state index is 0.157. The van der Waals surface area contributed by atoms with Crippen molar-refractivity contribution in [1.29, 1.82) is 0 Å². The first-order chi connectivity index (χ1) is 7.66. The van der Waals surface area contributed by atoms with Gasteiger partial charge in [-0.25, -0.2) is 0 Å². The van der Waals surface area contributed by atoms with Crippen molar-refractivity contribution >= 4 is 17.1 Å². The van der Waals surface area contributed by atoms with Crippen molar-refractivity contribution in [3.8, 4) is 0 Å². The maximum Gasteiger partial charge on any atom is 0.149 e. The highest BCUT2D eigenvalue weighted by atomic mass is 32.1. The van der Waals surface area contributed by atoms with E-state index in [0.717, 1.165) is 6.54 Å². The summed E-state index contributed by atoms with van der Waals surface area (Å²) < 4.78 is 0. The van der Waals surface area contributed by atoms with Crippen molar-refractivity contribution in [1.82, 2.24) is 4.90 Å². The fraction of sp³-hybridized carbons (Fsp3) is 0.615. The van der Waals surface area contributed by atoms with Crippen LogP contribution >= 0.6 is 11.3 Å². The van der Waals surface area contributed by atoms with Gasteiger partial charge in [-0.2, -0.15) is 0 Å². The van der Waals surface area contributed by atoms with Crippen molar-refractivity contribution < 1.29 is 4.79 Å². The van der Waals surface area contributed by atoms with Crippen LogP contribution in [0.4, 0.5) is 0 Å². The summed E-state index contributed by atoms with van der Waals surface area (Å²) in [6.45, 7) is 5.54. The molecule has 1 aliphatic carbocycles. The Morgan fingerprint density at radius 2 is 2.31 bits per heavy atom. The van der Waals surface area contributed by atoms with Crippen LogP contribution in [0.2, 0.25) is 0 Å². The summed E-state index contributed by atoms with van der Waals surface area (Å²) in [7, 11) is 0. The van der Waals surface area contributed by atoms with Gasteiger partial charge in [0, 0.05) is 23.4 Å². The molecule has 1 aromatic rings. The molecule has 1 saturated carbocycles. The summed E-state index contributed by atoms with van der Waals surface area (Å²) in [5.41, 5.74) is 0. The van der Waals surface area contributed by atoms with E-state index in [2.05, 4.69) is 22.4 Å². The number of carbonyl (C=O) groups is 1. The van der Waals surface area contributed by atoms with Crippen molar-refractivity contribution in [2.24, 2.45) is 5.92 Å². The fourth-order valence-corrected chi connectivity index (χ4v) is 2.47. The summed E-state index contributed by atoms with van der Waals surface area (Å²) in [5, 5.41) is 2.10. The van der Waals surface area contributed by atoms with Crippen LogP contribution in [-0.2, 0) is 11.3 Å². The van der Waals surface area contributed by atoms with E-state index in [1.54, 1.807) is 11.3 Å². The van der Waals surface area contributed by atoms with E-state index < -0.39 is 0 Å². The Bertz CT molecular complexity index is 341. The fourth-order valence-electron chi connectivity index (χ4n) is 1.74. The average Bonchev–Trinajstić information content (AvgIpc) is 2.97. The zero-order valence-corrected chi connectivity index (χ0v) is 10.8. The Hall–Kier alpha value is -0.670. The smallest absolute Gasteiger partial charge is 0.149 e. The molecule has 0 bridgehead atoms. The van der Waals surface area contributed by atoms with Gasteiger partial charge in [0.15, 0.2) is 0 Å². The Kier molecular flexibility index (Phi) is 3.77. The minimum atomic E-state index is 0.157. The summed E-state index contributed by atoms with van der Waals surface area (Å²) in [6, 6.07) is 4.89. The molecule has 2 nitrogen and oxygen atoms in total. The highest BCUT2D eigenvalue weighted by molar-refractivity contribution is 7.09. The quantitative estimate of drug-likeness (QED) is 0.758. The molecule has 0 saturated heterocycles. The van der Waals surface area contributed by atoms with E-state index in [0.29, 0.717) is 18.4 Å². The lowest BCUT2D eigenvalue weighted by molar-refractivity contribution is -0.123. The number of ketones is 1. The van der Waals surface area contributed by atoms with Crippen LogP contribution in [-0.4, -0.2) is 23.3 Å². The standard InChI is InChI=1S/C13H19NOS/c1-10(2)13(15)9-14(11-5-6-11)8-12-4-3-7-16-12/h3-4,7,10-11H,5-6,8-9H2,1-2H3. The molecule has 1 heterocycles. The van der Waals surface area contributed by atoms with Gasteiger partial charge in [-0.05, 0) is 24.3 Å². The second-order valence-electron chi connectivity index (χ2n) is 4.84. The number of hydrogen-bond donors (Lipinski definition) is 0. The van der Waals surface area contributed by atoms with E-state index in [1.165, 1.54) is 17.7 Å². The van der Waals surface area contributed by atoms with E-state index in [1.807, 2.05) is 13.8 Å². The third kappa shape index (κ3) is 3.16. The lowest BCUT2D eigenvalue weighted by Crippen LogP contribution is -2.33. The van der Waals surface area contributed by atoms with E-state index >= 15 is 0 Å². The molecule has 0 unspecified atom stereocenters. The molecule has 0 spiro atoms. The molecule has 1 aliphatic rings. The maximum atomic E-state index is 11.8. The van der Waals surface area contributed by atoms with Gasteiger partial charge < -0.3 is 0 Å². The highest BCUT2D eigenvalue weighted by Gasteiger charge is 2.30. The average molecular weight is 237 g/mol. The molecule has 0 amide bonds. The van der Waals surface area contributed by atoms with Crippen LogP contribution in [0.3, 0.4) is 0 Å². The molecule has 1 fully saturated rings. The van der Waals surface area contributed by atoms with Crippen molar-refractivity contribution in [2.45, 2.75) is 39.3 Å². The molecule has 2 rings (SSSR count). The van der Waals surface area contributed by atoms with Crippen LogP contribution in [0.5, 0.6) is 0 Å².